The van der Waals surface area contributed by atoms with Crippen LogP contribution in [-0.4, -0.2) is 27.6 Å². The van der Waals surface area contributed by atoms with Crippen LogP contribution in [-0.2, 0) is 4.74 Å². The number of methoxy groups -OCH3 is 1. The van der Waals surface area contributed by atoms with Gasteiger partial charge in [-0.3, -0.25) is 14.3 Å². The van der Waals surface area contributed by atoms with Gasteiger partial charge >= 0.3 is 5.97 Å². The van der Waals surface area contributed by atoms with E-state index < -0.39 is 11.8 Å². The molecule has 4 rings (SSSR count). The van der Waals surface area contributed by atoms with E-state index in [-0.39, 0.29) is 16.5 Å². The van der Waals surface area contributed by atoms with Crippen LogP contribution in [0.5, 0.6) is 0 Å². The molecule has 0 N–H and O–H groups in total. The number of hydrogen-bond acceptors (Lipinski definition) is 6. The lowest BCUT2D eigenvalue weighted by Gasteiger charge is -2.15. The monoisotopic (exact) mass is 395 g/mol. The van der Waals surface area contributed by atoms with Crippen molar-refractivity contribution in [2.24, 2.45) is 0 Å². The van der Waals surface area contributed by atoms with Gasteiger partial charge in [-0.05, 0) is 30.7 Å². The molecule has 0 saturated heterocycles. The van der Waals surface area contributed by atoms with Gasteiger partial charge in [0.05, 0.1) is 29.3 Å². The SMILES string of the molecule is COC(=O)c1c(C)nc2ccn(-c3nccs3)c(=O)c2c1-c1ccc(F)cc1. The van der Waals surface area contributed by atoms with Gasteiger partial charge in [-0.2, -0.15) is 0 Å². The minimum absolute atomic E-state index is 0.176. The molecule has 3 heterocycles. The molecule has 4 aromatic rings. The number of aryl methyl sites for hydroxylation is 1. The zero-order valence-electron chi connectivity index (χ0n) is 15.0. The van der Waals surface area contributed by atoms with E-state index >= 15 is 0 Å². The zero-order valence-corrected chi connectivity index (χ0v) is 15.8. The molecule has 0 aliphatic carbocycles. The second-order valence-electron chi connectivity index (χ2n) is 6.01. The predicted octanol–water partition coefficient (Wildman–Crippen LogP) is 3.74. The van der Waals surface area contributed by atoms with Crippen LogP contribution in [0, 0.1) is 12.7 Å². The van der Waals surface area contributed by atoms with E-state index in [0.29, 0.717) is 27.5 Å². The Morgan fingerprint density at radius 2 is 1.96 bits per heavy atom. The Morgan fingerprint density at radius 1 is 1.21 bits per heavy atom. The van der Waals surface area contributed by atoms with E-state index in [1.165, 1.54) is 47.3 Å². The van der Waals surface area contributed by atoms with Crippen LogP contribution >= 0.6 is 11.3 Å². The average molecular weight is 395 g/mol. The second kappa shape index (κ2) is 6.97. The number of carbonyl (C=O) groups is 1. The van der Waals surface area contributed by atoms with Crippen molar-refractivity contribution in [2.75, 3.05) is 7.11 Å². The van der Waals surface area contributed by atoms with Crippen molar-refractivity contribution in [2.45, 2.75) is 6.92 Å². The first kappa shape index (κ1) is 18.0. The largest absolute Gasteiger partial charge is 0.465 e. The van der Waals surface area contributed by atoms with Crippen LogP contribution in [0.2, 0.25) is 0 Å². The minimum atomic E-state index is -0.615. The highest BCUT2D eigenvalue weighted by Gasteiger charge is 2.23. The quantitative estimate of drug-likeness (QED) is 0.494. The Labute approximate surface area is 162 Å². The third-order valence-corrected chi connectivity index (χ3v) is 5.14. The van der Waals surface area contributed by atoms with Crippen LogP contribution in [0.1, 0.15) is 16.1 Å². The van der Waals surface area contributed by atoms with E-state index in [2.05, 4.69) is 9.97 Å². The molecule has 6 nitrogen and oxygen atoms in total. The number of pyridine rings is 2. The highest BCUT2D eigenvalue weighted by molar-refractivity contribution is 7.12. The predicted molar refractivity (Wildman–Crippen MR) is 104 cm³/mol. The maximum Gasteiger partial charge on any atom is 0.340 e. The first-order valence-electron chi connectivity index (χ1n) is 8.31. The fraction of sp³-hybridized carbons (Fsp3) is 0.100. The molecule has 0 atom stereocenters. The van der Waals surface area contributed by atoms with Gasteiger partial charge in [0.15, 0.2) is 5.13 Å². The van der Waals surface area contributed by atoms with E-state index in [9.17, 15) is 14.0 Å². The summed E-state index contributed by atoms with van der Waals surface area (Å²) in [6.07, 6.45) is 3.20. The summed E-state index contributed by atoms with van der Waals surface area (Å²) >= 11 is 1.31. The minimum Gasteiger partial charge on any atom is -0.465 e. The molecule has 0 aliphatic rings. The summed E-state index contributed by atoms with van der Waals surface area (Å²) in [4.78, 5) is 34.4. The number of esters is 1. The summed E-state index contributed by atoms with van der Waals surface area (Å²) in [6, 6.07) is 7.30. The van der Waals surface area contributed by atoms with Crippen molar-refractivity contribution < 1.29 is 13.9 Å². The van der Waals surface area contributed by atoms with Gasteiger partial charge in [0, 0.05) is 23.3 Å². The van der Waals surface area contributed by atoms with Gasteiger partial charge in [-0.25, -0.2) is 14.2 Å². The standard InChI is InChI=1S/C20H14FN3O3S/c1-11-15(19(26)27-2)16(12-3-5-13(21)6-4-12)17-14(23-11)7-9-24(18(17)25)20-22-8-10-28-20/h3-10H,1-2H3. The van der Waals surface area contributed by atoms with Crippen molar-refractivity contribution in [1.29, 1.82) is 0 Å². The number of carbonyl (C=O) groups excluding carboxylic acids is 1. The van der Waals surface area contributed by atoms with Crippen molar-refractivity contribution in [1.82, 2.24) is 14.5 Å². The van der Waals surface area contributed by atoms with Gasteiger partial charge < -0.3 is 4.74 Å². The molecule has 0 radical (unpaired) electrons. The Balaban J connectivity index is 2.17. The third kappa shape index (κ3) is 2.87. The number of ether oxygens (including phenoxy) is 1. The number of benzene rings is 1. The maximum atomic E-state index is 13.5. The maximum absolute atomic E-state index is 13.5. The van der Waals surface area contributed by atoms with Crippen molar-refractivity contribution in [3.8, 4) is 16.3 Å². The molecule has 0 aliphatic heterocycles. The average Bonchev–Trinajstić information content (AvgIpc) is 3.22. The topological polar surface area (TPSA) is 74.1 Å². The highest BCUT2D eigenvalue weighted by atomic mass is 32.1. The number of thiazole rings is 1. The summed E-state index contributed by atoms with van der Waals surface area (Å²) in [7, 11) is 1.26. The van der Waals surface area contributed by atoms with Gasteiger partial charge in [0.25, 0.3) is 5.56 Å². The smallest absolute Gasteiger partial charge is 0.340 e. The van der Waals surface area contributed by atoms with Crippen molar-refractivity contribution in [3.05, 3.63) is 75.5 Å². The van der Waals surface area contributed by atoms with Gasteiger partial charge in [0.1, 0.15) is 5.82 Å². The molecule has 3 aromatic heterocycles. The lowest BCUT2D eigenvalue weighted by atomic mass is 9.95. The first-order chi connectivity index (χ1) is 13.5. The highest BCUT2D eigenvalue weighted by Crippen LogP contribution is 2.32. The van der Waals surface area contributed by atoms with Gasteiger partial charge in [-0.15, -0.1) is 11.3 Å². The normalized spacial score (nSPS) is 11.0. The number of rotatable bonds is 3. The lowest BCUT2D eigenvalue weighted by Crippen LogP contribution is -2.20. The van der Waals surface area contributed by atoms with Gasteiger partial charge in [0.2, 0.25) is 0 Å². The fourth-order valence-electron chi connectivity index (χ4n) is 3.14. The molecule has 0 amide bonds. The Morgan fingerprint density at radius 3 is 2.61 bits per heavy atom. The second-order valence-corrected chi connectivity index (χ2v) is 6.88. The Hall–Kier alpha value is -3.39. The van der Waals surface area contributed by atoms with Crippen molar-refractivity contribution >= 4 is 28.2 Å². The van der Waals surface area contributed by atoms with Gasteiger partial charge in [-0.1, -0.05) is 12.1 Å². The van der Waals surface area contributed by atoms with E-state index in [1.807, 2.05) is 0 Å². The summed E-state index contributed by atoms with van der Waals surface area (Å²) in [5.74, 6) is -1.03. The molecule has 0 bridgehead atoms. The molecule has 140 valence electrons. The number of aromatic nitrogens is 3. The molecule has 0 unspecified atom stereocenters. The molecule has 0 fully saturated rings. The van der Waals surface area contributed by atoms with Crippen LogP contribution in [0.15, 0.2) is 52.9 Å². The first-order valence-corrected chi connectivity index (χ1v) is 9.19. The lowest BCUT2D eigenvalue weighted by molar-refractivity contribution is 0.0600. The van der Waals surface area contributed by atoms with Crippen molar-refractivity contribution in [3.63, 3.8) is 0 Å². The number of nitrogens with zero attached hydrogens (tertiary/aromatic N) is 3. The fourth-order valence-corrected chi connectivity index (χ4v) is 3.76. The Bertz CT molecular complexity index is 1250. The molecular weight excluding hydrogens is 381 g/mol. The Kier molecular flexibility index (Phi) is 4.48. The molecule has 28 heavy (non-hydrogen) atoms. The summed E-state index contributed by atoms with van der Waals surface area (Å²) < 4.78 is 19.8. The van der Waals surface area contributed by atoms with Crippen LogP contribution < -0.4 is 5.56 Å². The zero-order chi connectivity index (χ0) is 19.8. The van der Waals surface area contributed by atoms with E-state index in [1.54, 1.807) is 30.8 Å². The molecule has 8 heteroatoms. The molecular formula is C20H14FN3O3S. The van der Waals surface area contributed by atoms with Crippen LogP contribution in [0.4, 0.5) is 4.39 Å². The van der Waals surface area contributed by atoms with Crippen LogP contribution in [0.25, 0.3) is 27.2 Å². The summed E-state index contributed by atoms with van der Waals surface area (Å²) in [5, 5.41) is 2.51. The van der Waals surface area contributed by atoms with Crippen LogP contribution in [0.3, 0.4) is 0 Å². The van der Waals surface area contributed by atoms with E-state index in [0.717, 1.165) is 0 Å². The molecule has 0 saturated carbocycles. The summed E-state index contributed by atoms with van der Waals surface area (Å²) in [6.45, 7) is 1.67. The number of fused-ring (bicyclic) bond motifs is 1. The number of hydrogen-bond donors (Lipinski definition) is 0. The molecule has 1 aromatic carbocycles. The molecule has 0 spiro atoms. The number of halogens is 1. The summed E-state index contributed by atoms with van der Waals surface area (Å²) in [5.41, 5.74) is 1.55. The van der Waals surface area contributed by atoms with E-state index in [4.69, 9.17) is 4.74 Å². The third-order valence-electron chi connectivity index (χ3n) is 4.37.